The van der Waals surface area contributed by atoms with Crippen LogP contribution in [0.15, 0.2) is 144 Å². The smallest absolute Gasteiger partial charge is 0.407 e. The van der Waals surface area contributed by atoms with Crippen LogP contribution >= 0.6 is 12.4 Å². The zero-order valence-electron chi connectivity index (χ0n) is 42.0. The summed E-state index contributed by atoms with van der Waals surface area (Å²) in [7, 11) is -7.74. The van der Waals surface area contributed by atoms with Crippen LogP contribution in [0.5, 0.6) is 0 Å². The minimum Gasteiger partial charge on any atom is -0.444 e. The second-order valence-electron chi connectivity index (χ2n) is 19.5. The van der Waals surface area contributed by atoms with E-state index in [0.29, 0.717) is 62.6 Å². The molecule has 4 heterocycles. The van der Waals surface area contributed by atoms with Gasteiger partial charge in [-0.25, -0.2) is 59.2 Å². The summed E-state index contributed by atoms with van der Waals surface area (Å²) in [5.74, 6) is 0.738. The number of halogens is 1. The number of carbonyl (C=O) groups excluding carboxylic acids is 1. The first-order valence-corrected chi connectivity index (χ1v) is 27.5. The van der Waals surface area contributed by atoms with E-state index in [-0.39, 0.29) is 65.2 Å². The molecule has 0 saturated heterocycles. The standard InChI is InChI=1S/C30H32N6O4S.C25H24N6O2S.CH4.ClH/c1-30(2,3)40-29(37)34-21-12-10-11-20(17-21)33-28-32-18-25(31-4)27(35-28)24-19-36(26-16-9-8-15-23(24)26)41(38,39)22-13-6-5-7-14-22;1-27-22-15-28-25(29-18-9-7-8-17(26)14-18)30-24(22)21-16-31(23-13-6-5-12-20(21)23)34(32,33)19-10-3-2-4-11-19;;/h5-9,13-16,18-21H,10-12,17H2,1-3H3,(H,34,37)(H,32,33,35);2-6,10-13,15-18H,7-9,14,26H2,(H,28,29,30);1H4;1H/t20-,21+;17?,18-;;/m11../s1. The van der Waals surface area contributed by atoms with Crippen molar-refractivity contribution in [2.75, 3.05) is 10.6 Å². The summed E-state index contributed by atoms with van der Waals surface area (Å²) >= 11 is 0. The number of nitrogens with two attached hydrogens (primary N) is 1. The van der Waals surface area contributed by atoms with E-state index < -0.39 is 31.7 Å². The lowest BCUT2D eigenvalue weighted by Crippen LogP contribution is -2.44. The summed E-state index contributed by atoms with van der Waals surface area (Å²) in [5.41, 5.74) is 8.83. The molecule has 18 nitrogen and oxygen atoms in total. The van der Waals surface area contributed by atoms with Crippen molar-refractivity contribution in [3.8, 4) is 22.5 Å². The zero-order valence-corrected chi connectivity index (χ0v) is 44.4. The first-order chi connectivity index (χ1) is 36.0. The lowest BCUT2D eigenvalue weighted by Gasteiger charge is -2.31. The Balaban J connectivity index is 0.000000221. The van der Waals surface area contributed by atoms with Gasteiger partial charge in [0.05, 0.1) is 45.4 Å². The summed E-state index contributed by atoms with van der Waals surface area (Å²) in [6.45, 7) is 20.9. The van der Waals surface area contributed by atoms with Gasteiger partial charge in [0.1, 0.15) is 5.60 Å². The second-order valence-corrected chi connectivity index (χ2v) is 23.2. The van der Waals surface area contributed by atoms with E-state index in [2.05, 4.69) is 40.6 Å². The Labute approximate surface area is 455 Å². The van der Waals surface area contributed by atoms with Crippen LogP contribution in [0.3, 0.4) is 0 Å². The molecular weight excluding hydrogens is 1040 g/mol. The molecule has 0 spiro atoms. The highest BCUT2D eigenvalue weighted by atomic mass is 35.5. The van der Waals surface area contributed by atoms with Crippen molar-refractivity contribution >= 4 is 83.6 Å². The van der Waals surface area contributed by atoms with Crippen molar-refractivity contribution in [3.63, 3.8) is 0 Å². The topological polar surface area (TPSA) is 227 Å². The third kappa shape index (κ3) is 12.7. The number of aromatic nitrogens is 6. The van der Waals surface area contributed by atoms with Gasteiger partial charge in [-0.05, 0) is 109 Å². The highest BCUT2D eigenvalue weighted by molar-refractivity contribution is 7.90. The highest BCUT2D eigenvalue weighted by Crippen LogP contribution is 2.39. The molecule has 77 heavy (non-hydrogen) atoms. The Bertz CT molecular complexity index is 3710. The third-order valence-electron chi connectivity index (χ3n) is 13.0. The van der Waals surface area contributed by atoms with Gasteiger partial charge in [0.25, 0.3) is 20.0 Å². The Morgan fingerprint density at radius 3 is 1.49 bits per heavy atom. The molecule has 2 fully saturated rings. The molecular formula is C56H61ClN12O6S2. The number of nitrogens with zero attached hydrogens (tertiary/aromatic N) is 8. The van der Waals surface area contributed by atoms with Crippen LogP contribution in [0.1, 0.15) is 79.6 Å². The van der Waals surface area contributed by atoms with E-state index in [0.717, 1.165) is 44.9 Å². The number of hydrogen-bond acceptors (Lipinski definition) is 13. The summed E-state index contributed by atoms with van der Waals surface area (Å²) in [4.78, 5) is 37.9. The molecule has 5 N–H and O–H groups in total. The van der Waals surface area contributed by atoms with Gasteiger partial charge in [0, 0.05) is 70.9 Å². The largest absolute Gasteiger partial charge is 0.444 e. The average molecular weight is 1100 g/mol. The van der Waals surface area contributed by atoms with Crippen LogP contribution in [0.4, 0.5) is 28.1 Å². The molecule has 400 valence electrons. The molecule has 1 unspecified atom stereocenters. The molecule has 4 aromatic heterocycles. The maximum atomic E-state index is 13.6. The van der Waals surface area contributed by atoms with E-state index in [9.17, 15) is 21.6 Å². The van der Waals surface area contributed by atoms with E-state index in [1.165, 1.54) is 26.5 Å². The fraction of sp³-hybridized carbons (Fsp3) is 0.304. The number of nitrogens with one attached hydrogen (secondary N) is 3. The normalized spacial score (nSPS) is 17.5. The predicted molar refractivity (Wildman–Crippen MR) is 303 cm³/mol. The second kappa shape index (κ2) is 24.0. The Morgan fingerprint density at radius 1 is 0.636 bits per heavy atom. The van der Waals surface area contributed by atoms with E-state index in [1.54, 1.807) is 91.1 Å². The summed E-state index contributed by atoms with van der Waals surface area (Å²) in [6, 6.07) is 31.1. The number of fused-ring (bicyclic) bond motifs is 2. The average Bonchev–Trinajstić information content (AvgIpc) is 4.04. The molecule has 2 aliphatic rings. The molecule has 4 atom stereocenters. The molecule has 1 amide bonds. The van der Waals surface area contributed by atoms with E-state index in [1.807, 2.05) is 45.0 Å². The number of para-hydroxylation sites is 2. The van der Waals surface area contributed by atoms with Gasteiger partial charge >= 0.3 is 6.09 Å². The minimum atomic E-state index is -3.90. The Kier molecular flexibility index (Phi) is 17.7. The maximum Gasteiger partial charge on any atom is 0.407 e. The fourth-order valence-corrected chi connectivity index (χ4v) is 12.4. The van der Waals surface area contributed by atoms with E-state index in [4.69, 9.17) is 28.6 Å². The minimum absolute atomic E-state index is 0. The number of hydrogen-bond donors (Lipinski definition) is 4. The quantitative estimate of drug-likeness (QED) is 0.0885. The van der Waals surface area contributed by atoms with Crippen molar-refractivity contribution in [2.24, 2.45) is 5.73 Å². The van der Waals surface area contributed by atoms with Crippen LogP contribution in [0.25, 0.3) is 54.0 Å². The van der Waals surface area contributed by atoms with Gasteiger partial charge in [0.2, 0.25) is 23.3 Å². The van der Waals surface area contributed by atoms with Crippen LogP contribution in [0, 0.1) is 13.1 Å². The SMILES string of the molecule is C.Cl.[C-]#[N+]c1cnc(N[C@@H]2CCCC(N)C2)nc1-c1cn(S(=O)(=O)c2ccccc2)c2ccccc12.[C-]#[N+]c1cnc(N[C@@H]2CCC[C@H](NC(=O)OC(C)(C)C)C2)nc1-c1cn(S(=O)(=O)c2ccccc2)c2ccccc12. The van der Waals surface area contributed by atoms with Crippen LogP contribution in [-0.2, 0) is 24.8 Å². The monoisotopic (exact) mass is 1100 g/mol. The van der Waals surface area contributed by atoms with Crippen molar-refractivity contribution < 1.29 is 26.4 Å². The van der Waals surface area contributed by atoms with Crippen LogP contribution < -0.4 is 21.7 Å². The van der Waals surface area contributed by atoms with Gasteiger partial charge < -0.3 is 26.4 Å². The molecule has 4 aromatic carbocycles. The molecule has 0 radical (unpaired) electrons. The van der Waals surface area contributed by atoms with Gasteiger partial charge in [0.15, 0.2) is 0 Å². The van der Waals surface area contributed by atoms with Gasteiger partial charge in [-0.1, -0.05) is 80.2 Å². The summed E-state index contributed by atoms with van der Waals surface area (Å²) in [6.07, 6.45) is 12.7. The Hall–Kier alpha value is -7.88. The summed E-state index contributed by atoms with van der Waals surface area (Å²) in [5, 5.41) is 11.0. The molecule has 0 bridgehead atoms. The molecule has 8 aromatic rings. The number of rotatable bonds is 11. The number of anilines is 2. The van der Waals surface area contributed by atoms with Crippen molar-refractivity contribution in [1.82, 2.24) is 33.2 Å². The van der Waals surface area contributed by atoms with Gasteiger partial charge in [-0.3, -0.25) is 0 Å². The maximum absolute atomic E-state index is 13.6. The zero-order chi connectivity index (χ0) is 52.9. The van der Waals surface area contributed by atoms with Crippen molar-refractivity contribution in [1.29, 1.82) is 0 Å². The number of amides is 1. The first-order valence-electron chi connectivity index (χ1n) is 24.6. The molecule has 2 aliphatic carbocycles. The van der Waals surface area contributed by atoms with Gasteiger partial charge in [-0.2, -0.15) is 0 Å². The lowest BCUT2D eigenvalue weighted by molar-refractivity contribution is 0.0491. The Morgan fingerprint density at radius 2 is 1.05 bits per heavy atom. The summed E-state index contributed by atoms with van der Waals surface area (Å²) < 4.78 is 62.0. The number of benzene rings is 4. The highest BCUT2D eigenvalue weighted by Gasteiger charge is 2.29. The van der Waals surface area contributed by atoms with Crippen LogP contribution in [0.2, 0.25) is 0 Å². The fourth-order valence-electron chi connectivity index (χ4n) is 9.59. The van der Waals surface area contributed by atoms with Crippen molar-refractivity contribution in [2.45, 2.75) is 119 Å². The van der Waals surface area contributed by atoms with Gasteiger partial charge in [-0.15, -0.1) is 12.4 Å². The first kappa shape index (κ1) is 56.8. The van der Waals surface area contributed by atoms with Crippen LogP contribution in [-0.4, -0.2) is 80.6 Å². The lowest BCUT2D eigenvalue weighted by atomic mass is 9.91. The van der Waals surface area contributed by atoms with Crippen molar-refractivity contribution in [3.05, 3.63) is 157 Å². The molecule has 10 rings (SSSR count). The molecule has 21 heteroatoms. The molecule has 2 saturated carbocycles. The van der Waals surface area contributed by atoms with E-state index >= 15 is 0 Å². The predicted octanol–water partition coefficient (Wildman–Crippen LogP) is 11.8. The number of carbonyl (C=O) groups is 1. The molecule has 0 aliphatic heterocycles. The number of alkyl carbamates (subject to hydrolysis) is 1. The third-order valence-corrected chi connectivity index (χ3v) is 16.4. The number of ether oxygens (including phenoxy) is 1.